The first kappa shape index (κ1) is 16.1. The first-order valence-corrected chi connectivity index (χ1v) is 9.61. The Bertz CT molecular complexity index is 740. The summed E-state index contributed by atoms with van der Waals surface area (Å²) in [5.74, 6) is 1.68. The van der Waals surface area contributed by atoms with Gasteiger partial charge in [-0.3, -0.25) is 0 Å². The van der Waals surface area contributed by atoms with Crippen LogP contribution >= 0.6 is 54.5 Å². The van der Waals surface area contributed by atoms with Crippen molar-refractivity contribution < 1.29 is 9.47 Å². The van der Waals surface area contributed by atoms with Crippen molar-refractivity contribution in [3.8, 4) is 32.4 Å². The fourth-order valence-electron chi connectivity index (χ4n) is 2.20. The van der Waals surface area contributed by atoms with E-state index in [-0.39, 0.29) is 0 Å². The van der Waals surface area contributed by atoms with Crippen LogP contribution in [-0.2, 0) is 0 Å². The average molecular weight is 460 g/mol. The standard InChI is InChI=1S/C16H12Br2O2S2/c1-19-11-7-10(14-4-6-16(18)22-14)12(20-2)8-9(11)13-3-5-15(17)21-13/h3-8H,1-2H3. The van der Waals surface area contributed by atoms with Crippen molar-refractivity contribution >= 4 is 54.5 Å². The molecule has 0 amide bonds. The van der Waals surface area contributed by atoms with Crippen LogP contribution in [0.4, 0.5) is 0 Å². The molecule has 3 rings (SSSR count). The fourth-order valence-corrected chi connectivity index (χ4v) is 5.02. The first-order valence-electron chi connectivity index (χ1n) is 6.40. The lowest BCUT2D eigenvalue weighted by Gasteiger charge is -2.13. The van der Waals surface area contributed by atoms with E-state index in [0.29, 0.717) is 0 Å². The number of thiophene rings is 2. The van der Waals surface area contributed by atoms with E-state index in [1.807, 2.05) is 24.3 Å². The molecule has 0 aliphatic heterocycles. The Labute approximate surface area is 154 Å². The second-order valence-corrected chi connectivity index (χ2v) is 9.39. The molecule has 2 aromatic heterocycles. The third-order valence-corrected chi connectivity index (χ3v) is 6.51. The van der Waals surface area contributed by atoms with Crippen LogP contribution in [0.15, 0.2) is 44.0 Å². The quantitative estimate of drug-likeness (QED) is 0.432. The van der Waals surface area contributed by atoms with Crippen LogP contribution in [0.2, 0.25) is 0 Å². The fraction of sp³-hybridized carbons (Fsp3) is 0.125. The highest BCUT2D eigenvalue weighted by Gasteiger charge is 2.16. The predicted molar refractivity (Wildman–Crippen MR) is 102 cm³/mol. The summed E-state index contributed by atoms with van der Waals surface area (Å²) >= 11 is 10.4. The lowest BCUT2D eigenvalue weighted by Crippen LogP contribution is -1.92. The van der Waals surface area contributed by atoms with Crippen LogP contribution in [-0.4, -0.2) is 14.2 Å². The summed E-state index contributed by atoms with van der Waals surface area (Å²) in [6.45, 7) is 0. The Hall–Kier alpha value is -0.820. The van der Waals surface area contributed by atoms with Gasteiger partial charge in [0.1, 0.15) is 11.5 Å². The Morgan fingerprint density at radius 2 is 1.14 bits per heavy atom. The summed E-state index contributed by atoms with van der Waals surface area (Å²) in [4.78, 5) is 2.28. The van der Waals surface area contributed by atoms with Crippen molar-refractivity contribution in [2.75, 3.05) is 14.2 Å². The summed E-state index contributed by atoms with van der Waals surface area (Å²) in [5, 5.41) is 0. The lowest BCUT2D eigenvalue weighted by molar-refractivity contribution is 0.406. The second kappa shape index (κ2) is 6.74. The zero-order chi connectivity index (χ0) is 15.7. The van der Waals surface area contributed by atoms with Gasteiger partial charge in [0.2, 0.25) is 0 Å². The number of benzene rings is 1. The van der Waals surface area contributed by atoms with Crippen molar-refractivity contribution in [1.82, 2.24) is 0 Å². The molecule has 0 aliphatic carbocycles. The van der Waals surface area contributed by atoms with E-state index in [2.05, 4.69) is 44.0 Å². The van der Waals surface area contributed by atoms with Gasteiger partial charge in [0, 0.05) is 20.9 Å². The Balaban J connectivity index is 2.18. The van der Waals surface area contributed by atoms with Gasteiger partial charge in [-0.25, -0.2) is 0 Å². The molecule has 1 aromatic carbocycles. The smallest absolute Gasteiger partial charge is 0.128 e. The summed E-state index contributed by atoms with van der Waals surface area (Å²) in [6, 6.07) is 12.3. The minimum absolute atomic E-state index is 0.842. The van der Waals surface area contributed by atoms with Crippen molar-refractivity contribution in [3.63, 3.8) is 0 Å². The molecule has 0 N–H and O–H groups in total. The van der Waals surface area contributed by atoms with Crippen LogP contribution in [0.3, 0.4) is 0 Å². The molecule has 0 unspecified atom stereocenters. The van der Waals surface area contributed by atoms with E-state index in [9.17, 15) is 0 Å². The highest BCUT2D eigenvalue weighted by molar-refractivity contribution is 9.11. The molecule has 6 heteroatoms. The van der Waals surface area contributed by atoms with Gasteiger partial charge in [0.25, 0.3) is 0 Å². The first-order chi connectivity index (χ1) is 10.6. The van der Waals surface area contributed by atoms with Gasteiger partial charge in [-0.05, 0) is 68.3 Å². The molecule has 3 aromatic rings. The van der Waals surface area contributed by atoms with Gasteiger partial charge in [-0.1, -0.05) is 0 Å². The molecule has 22 heavy (non-hydrogen) atoms. The van der Waals surface area contributed by atoms with Crippen molar-refractivity contribution in [2.45, 2.75) is 0 Å². The van der Waals surface area contributed by atoms with Gasteiger partial charge < -0.3 is 9.47 Å². The van der Waals surface area contributed by atoms with Crippen LogP contribution < -0.4 is 9.47 Å². The van der Waals surface area contributed by atoms with E-state index in [4.69, 9.17) is 9.47 Å². The highest BCUT2D eigenvalue weighted by Crippen LogP contribution is 2.45. The van der Waals surface area contributed by atoms with Crippen LogP contribution in [0, 0.1) is 0 Å². The van der Waals surface area contributed by atoms with Gasteiger partial charge in [0.15, 0.2) is 0 Å². The normalized spacial score (nSPS) is 10.7. The number of rotatable bonds is 4. The number of hydrogen-bond acceptors (Lipinski definition) is 4. The molecule has 2 heterocycles. The number of halogens is 2. The number of ether oxygens (including phenoxy) is 2. The summed E-state index contributed by atoms with van der Waals surface area (Å²) in [5.41, 5.74) is 2.07. The van der Waals surface area contributed by atoms with Gasteiger partial charge in [-0.2, -0.15) is 0 Å². The molecular weight excluding hydrogens is 448 g/mol. The maximum Gasteiger partial charge on any atom is 0.128 e. The monoisotopic (exact) mass is 458 g/mol. The molecule has 0 radical (unpaired) electrons. The van der Waals surface area contributed by atoms with Crippen molar-refractivity contribution in [2.24, 2.45) is 0 Å². The van der Waals surface area contributed by atoms with E-state index >= 15 is 0 Å². The molecule has 0 bridgehead atoms. The third-order valence-electron chi connectivity index (χ3n) is 3.20. The maximum atomic E-state index is 5.61. The minimum atomic E-state index is 0.842. The number of methoxy groups -OCH3 is 2. The van der Waals surface area contributed by atoms with Gasteiger partial charge in [-0.15, -0.1) is 22.7 Å². The van der Waals surface area contributed by atoms with Crippen LogP contribution in [0.1, 0.15) is 0 Å². The number of hydrogen-bond donors (Lipinski definition) is 0. The topological polar surface area (TPSA) is 18.5 Å². The molecule has 0 saturated carbocycles. The van der Waals surface area contributed by atoms with Gasteiger partial charge in [0.05, 0.1) is 21.8 Å². The zero-order valence-electron chi connectivity index (χ0n) is 11.9. The molecule has 0 atom stereocenters. The maximum absolute atomic E-state index is 5.61. The molecule has 0 aliphatic rings. The van der Waals surface area contributed by atoms with Crippen LogP contribution in [0.25, 0.3) is 20.9 Å². The van der Waals surface area contributed by atoms with E-state index < -0.39 is 0 Å². The Morgan fingerprint density at radius 1 is 0.727 bits per heavy atom. The predicted octanol–water partition coefficient (Wildman–Crippen LogP) is 6.69. The molecular formula is C16H12Br2O2S2. The van der Waals surface area contributed by atoms with Crippen molar-refractivity contribution in [3.05, 3.63) is 44.0 Å². The Morgan fingerprint density at radius 3 is 1.41 bits per heavy atom. The largest absolute Gasteiger partial charge is 0.496 e. The summed E-state index contributed by atoms with van der Waals surface area (Å²) in [7, 11) is 3.39. The van der Waals surface area contributed by atoms with E-state index in [1.165, 1.54) is 0 Å². The highest BCUT2D eigenvalue weighted by atomic mass is 79.9. The molecule has 2 nitrogen and oxygen atoms in total. The van der Waals surface area contributed by atoms with Crippen LogP contribution in [0.5, 0.6) is 11.5 Å². The Kier molecular flexibility index (Phi) is 4.92. The zero-order valence-corrected chi connectivity index (χ0v) is 16.7. The summed E-state index contributed by atoms with van der Waals surface area (Å²) < 4.78 is 13.4. The summed E-state index contributed by atoms with van der Waals surface area (Å²) in [6.07, 6.45) is 0. The SMILES string of the molecule is COc1cc(-c2ccc(Br)s2)c(OC)cc1-c1ccc(Br)s1. The minimum Gasteiger partial charge on any atom is -0.496 e. The molecule has 0 fully saturated rings. The van der Waals surface area contributed by atoms with Gasteiger partial charge >= 0.3 is 0 Å². The van der Waals surface area contributed by atoms with E-state index in [0.717, 1.165) is 40.0 Å². The van der Waals surface area contributed by atoms with E-state index in [1.54, 1.807) is 36.9 Å². The molecule has 0 spiro atoms. The molecule has 114 valence electrons. The second-order valence-electron chi connectivity index (χ2n) is 4.46. The average Bonchev–Trinajstić information content (AvgIpc) is 3.14. The lowest BCUT2D eigenvalue weighted by atomic mass is 10.1. The third kappa shape index (κ3) is 3.11. The molecule has 0 saturated heterocycles. The van der Waals surface area contributed by atoms with Crippen molar-refractivity contribution in [1.29, 1.82) is 0 Å².